The molecule has 21 heavy (non-hydrogen) atoms. The summed E-state index contributed by atoms with van der Waals surface area (Å²) in [7, 11) is 1.64. The molecule has 0 unspecified atom stereocenters. The van der Waals surface area contributed by atoms with Crippen LogP contribution in [0.4, 0.5) is 0 Å². The number of halogens is 1. The molecule has 0 atom stereocenters. The lowest BCUT2D eigenvalue weighted by Crippen LogP contribution is -1.96. The Kier molecular flexibility index (Phi) is 3.59. The molecular formula is C17H13ClN2O. The van der Waals surface area contributed by atoms with E-state index in [9.17, 15) is 0 Å². The van der Waals surface area contributed by atoms with Crippen molar-refractivity contribution in [2.24, 2.45) is 0 Å². The van der Waals surface area contributed by atoms with Crippen LogP contribution in [0.15, 0.2) is 55.1 Å². The molecule has 2 aromatic carbocycles. The highest BCUT2D eigenvalue weighted by Gasteiger charge is 2.11. The average Bonchev–Trinajstić information content (AvgIpc) is 2.53. The Hall–Kier alpha value is -2.39. The van der Waals surface area contributed by atoms with E-state index in [-0.39, 0.29) is 5.28 Å². The molecule has 3 aromatic rings. The second kappa shape index (κ2) is 5.54. The molecule has 0 amide bonds. The first-order chi connectivity index (χ1) is 10.2. The van der Waals surface area contributed by atoms with Crippen LogP contribution in [0.2, 0.25) is 5.28 Å². The summed E-state index contributed by atoms with van der Waals surface area (Å²) in [5, 5.41) is 1.15. The summed E-state index contributed by atoms with van der Waals surface area (Å²) in [6.07, 6.45) is 0. The van der Waals surface area contributed by atoms with Gasteiger partial charge in [0.05, 0.1) is 18.3 Å². The Balaban J connectivity index is 2.12. The van der Waals surface area contributed by atoms with Gasteiger partial charge < -0.3 is 4.74 Å². The third kappa shape index (κ3) is 2.60. The largest absolute Gasteiger partial charge is 0.497 e. The van der Waals surface area contributed by atoms with Gasteiger partial charge in [0.25, 0.3) is 0 Å². The van der Waals surface area contributed by atoms with Gasteiger partial charge in [-0.2, -0.15) is 0 Å². The summed E-state index contributed by atoms with van der Waals surface area (Å²) in [6.45, 7) is 4.15. The van der Waals surface area contributed by atoms with E-state index in [1.54, 1.807) is 7.11 Å². The van der Waals surface area contributed by atoms with Gasteiger partial charge in [0.15, 0.2) is 0 Å². The van der Waals surface area contributed by atoms with Gasteiger partial charge in [0.2, 0.25) is 5.28 Å². The summed E-state index contributed by atoms with van der Waals surface area (Å²) in [6, 6.07) is 15.4. The highest BCUT2D eigenvalue weighted by atomic mass is 35.5. The summed E-state index contributed by atoms with van der Waals surface area (Å²) in [4.78, 5) is 8.58. The molecule has 0 bridgehead atoms. The Labute approximate surface area is 127 Å². The van der Waals surface area contributed by atoms with E-state index in [1.165, 1.54) is 0 Å². The second-order valence-corrected chi connectivity index (χ2v) is 4.90. The van der Waals surface area contributed by atoms with E-state index in [1.807, 2.05) is 48.5 Å². The van der Waals surface area contributed by atoms with Gasteiger partial charge in [-0.1, -0.05) is 36.9 Å². The minimum atomic E-state index is 0.221. The van der Waals surface area contributed by atoms with Crippen LogP contribution in [-0.2, 0) is 0 Å². The van der Waals surface area contributed by atoms with Crippen molar-refractivity contribution in [1.82, 2.24) is 9.97 Å². The van der Waals surface area contributed by atoms with Crippen molar-refractivity contribution in [3.8, 4) is 5.75 Å². The summed E-state index contributed by atoms with van der Waals surface area (Å²) < 4.78 is 5.17. The third-order valence-corrected chi connectivity index (χ3v) is 3.47. The molecule has 0 radical (unpaired) electrons. The molecule has 3 nitrogen and oxygen atoms in total. The fourth-order valence-corrected chi connectivity index (χ4v) is 2.38. The first-order valence-electron chi connectivity index (χ1n) is 6.45. The summed E-state index contributed by atoms with van der Waals surface area (Å²) >= 11 is 6.02. The van der Waals surface area contributed by atoms with Gasteiger partial charge in [-0.05, 0) is 35.4 Å². The normalized spacial score (nSPS) is 10.6. The zero-order valence-electron chi connectivity index (χ0n) is 11.5. The van der Waals surface area contributed by atoms with Crippen LogP contribution in [0.1, 0.15) is 11.3 Å². The van der Waals surface area contributed by atoms with Crippen LogP contribution in [0.5, 0.6) is 5.75 Å². The van der Waals surface area contributed by atoms with Gasteiger partial charge in [0.1, 0.15) is 5.75 Å². The number of rotatable bonds is 3. The number of hydrogen-bond donors (Lipinski definition) is 0. The predicted octanol–water partition coefficient (Wildman–Crippen LogP) is 4.35. The van der Waals surface area contributed by atoms with Crippen molar-refractivity contribution in [2.75, 3.05) is 7.11 Å². The monoisotopic (exact) mass is 296 g/mol. The van der Waals surface area contributed by atoms with Crippen LogP contribution in [0.25, 0.3) is 16.5 Å². The Morgan fingerprint density at radius 1 is 1.05 bits per heavy atom. The van der Waals surface area contributed by atoms with Crippen molar-refractivity contribution in [2.45, 2.75) is 0 Å². The second-order valence-electron chi connectivity index (χ2n) is 4.57. The Morgan fingerprint density at radius 2 is 1.76 bits per heavy atom. The first-order valence-corrected chi connectivity index (χ1v) is 6.83. The van der Waals surface area contributed by atoms with Gasteiger partial charge in [-0.3, -0.25) is 0 Å². The van der Waals surface area contributed by atoms with Crippen LogP contribution < -0.4 is 4.74 Å². The number of nitrogens with zero attached hydrogens (tertiary/aromatic N) is 2. The van der Waals surface area contributed by atoms with Crippen molar-refractivity contribution in [3.63, 3.8) is 0 Å². The number of benzene rings is 2. The summed E-state index contributed by atoms with van der Waals surface area (Å²) in [5.74, 6) is 0.803. The molecule has 0 spiro atoms. The minimum Gasteiger partial charge on any atom is -0.497 e. The van der Waals surface area contributed by atoms with Crippen molar-refractivity contribution < 1.29 is 4.74 Å². The number of para-hydroxylation sites is 1. The smallest absolute Gasteiger partial charge is 0.223 e. The lowest BCUT2D eigenvalue weighted by Gasteiger charge is -2.10. The van der Waals surface area contributed by atoms with Crippen LogP contribution in [0, 0.1) is 0 Å². The number of ether oxygens (including phenoxy) is 1. The van der Waals surface area contributed by atoms with Gasteiger partial charge in [0, 0.05) is 11.0 Å². The zero-order valence-corrected chi connectivity index (χ0v) is 12.3. The molecule has 1 heterocycles. The molecule has 104 valence electrons. The van der Waals surface area contributed by atoms with Crippen molar-refractivity contribution in [3.05, 3.63) is 71.7 Å². The molecular weight excluding hydrogens is 284 g/mol. The van der Waals surface area contributed by atoms with Gasteiger partial charge in [-0.15, -0.1) is 0 Å². The van der Waals surface area contributed by atoms with Crippen LogP contribution >= 0.6 is 11.6 Å². The summed E-state index contributed by atoms with van der Waals surface area (Å²) in [5.41, 5.74) is 3.33. The van der Waals surface area contributed by atoms with Crippen molar-refractivity contribution in [1.29, 1.82) is 0 Å². The maximum Gasteiger partial charge on any atom is 0.223 e. The minimum absolute atomic E-state index is 0.221. The number of fused-ring (bicyclic) bond motifs is 1. The van der Waals surface area contributed by atoms with E-state index in [0.29, 0.717) is 0 Å². The van der Waals surface area contributed by atoms with E-state index in [4.69, 9.17) is 16.3 Å². The fraction of sp³-hybridized carbons (Fsp3) is 0.0588. The third-order valence-electron chi connectivity index (χ3n) is 3.30. The average molecular weight is 297 g/mol. The number of methoxy groups -OCH3 is 1. The highest BCUT2D eigenvalue weighted by molar-refractivity contribution is 6.28. The fourth-order valence-electron chi connectivity index (χ4n) is 2.21. The predicted molar refractivity (Wildman–Crippen MR) is 85.7 cm³/mol. The van der Waals surface area contributed by atoms with Gasteiger partial charge in [-0.25, -0.2) is 9.97 Å². The van der Waals surface area contributed by atoms with E-state index in [2.05, 4.69) is 16.5 Å². The molecule has 0 aliphatic carbocycles. The molecule has 0 aliphatic rings. The van der Waals surface area contributed by atoms with Gasteiger partial charge >= 0.3 is 0 Å². The lowest BCUT2D eigenvalue weighted by molar-refractivity contribution is 0.415. The molecule has 1 aromatic heterocycles. The highest BCUT2D eigenvalue weighted by Crippen LogP contribution is 2.28. The molecule has 0 fully saturated rings. The van der Waals surface area contributed by atoms with Crippen molar-refractivity contribution >= 4 is 28.1 Å². The van der Waals surface area contributed by atoms with E-state index < -0.39 is 0 Å². The van der Waals surface area contributed by atoms with E-state index >= 15 is 0 Å². The lowest BCUT2D eigenvalue weighted by atomic mass is 10.0. The Morgan fingerprint density at radius 3 is 2.48 bits per heavy atom. The molecule has 0 N–H and O–H groups in total. The zero-order chi connectivity index (χ0) is 14.8. The molecule has 3 rings (SSSR count). The Bertz CT molecular complexity index is 813. The number of aromatic nitrogens is 2. The maximum atomic E-state index is 6.02. The van der Waals surface area contributed by atoms with Crippen LogP contribution in [0.3, 0.4) is 0 Å². The molecule has 0 saturated carbocycles. The van der Waals surface area contributed by atoms with E-state index in [0.717, 1.165) is 33.5 Å². The topological polar surface area (TPSA) is 35.0 Å². The quantitative estimate of drug-likeness (QED) is 0.674. The molecule has 0 aliphatic heterocycles. The molecule has 4 heteroatoms. The maximum absolute atomic E-state index is 6.02. The standard InChI is InChI=1S/C17H13ClN2O/c1-11(12-7-9-13(21-2)10-8-12)16-14-5-3-4-6-15(14)19-17(18)20-16/h3-10H,1H2,2H3. The number of hydrogen-bond acceptors (Lipinski definition) is 3. The first kappa shape index (κ1) is 13.6. The molecule has 0 saturated heterocycles. The SMILES string of the molecule is C=C(c1ccc(OC)cc1)c1nc(Cl)nc2ccccc12. The van der Waals surface area contributed by atoms with Crippen LogP contribution in [-0.4, -0.2) is 17.1 Å².